The number of aromatic nitrogens is 4. The van der Waals surface area contributed by atoms with E-state index in [1.807, 2.05) is 0 Å². The van der Waals surface area contributed by atoms with Gasteiger partial charge in [0.25, 0.3) is 0 Å². The zero-order valence-electron chi connectivity index (χ0n) is 10.9. The third kappa shape index (κ3) is 3.25. The zero-order valence-corrected chi connectivity index (χ0v) is 13.6. The Morgan fingerprint density at radius 3 is 2.64 bits per heavy atom. The molecule has 3 rings (SSSR count). The van der Waals surface area contributed by atoms with Crippen molar-refractivity contribution in [2.24, 2.45) is 9.63 Å². The monoisotopic (exact) mass is 380 g/mol. The summed E-state index contributed by atoms with van der Waals surface area (Å²) >= 11 is -3.81. The number of aromatic amines is 1. The first-order valence-corrected chi connectivity index (χ1v) is 10.1. The van der Waals surface area contributed by atoms with Gasteiger partial charge in [0.05, 0.1) is 0 Å². The first-order chi connectivity index (χ1) is 10.5. The molecular weight excluding hydrogens is 371 g/mol. The second-order valence-electron chi connectivity index (χ2n) is 4.11. The van der Waals surface area contributed by atoms with E-state index in [9.17, 15) is 3.74 Å². The van der Waals surface area contributed by atoms with Gasteiger partial charge in [-0.05, 0) is 0 Å². The Kier molecular flexibility index (Phi) is 4.08. The quantitative estimate of drug-likeness (QED) is 0.262. The average molecular weight is 380 g/mol. The number of nitrogens with zero attached hydrogens (tertiary/aromatic N) is 5. The molecule has 0 bridgehead atoms. The SMILES string of the molecule is O=[As](O)(O)c1ccc(N=NSc2ncnc3nc[nH]c23)cc1. The van der Waals surface area contributed by atoms with Gasteiger partial charge in [0, 0.05) is 0 Å². The second kappa shape index (κ2) is 6.01. The number of hydrogen-bond acceptors (Lipinski definition) is 7. The molecule has 0 saturated carbocycles. The second-order valence-corrected chi connectivity index (χ2v) is 8.21. The van der Waals surface area contributed by atoms with Gasteiger partial charge in [0.15, 0.2) is 0 Å². The first-order valence-electron chi connectivity index (χ1n) is 5.92. The molecule has 2 aromatic heterocycles. The Morgan fingerprint density at radius 2 is 1.91 bits per heavy atom. The van der Waals surface area contributed by atoms with Crippen molar-refractivity contribution in [3.05, 3.63) is 36.9 Å². The molecule has 11 heteroatoms. The Bertz CT molecular complexity index is 875. The van der Waals surface area contributed by atoms with E-state index in [0.717, 1.165) is 11.9 Å². The molecule has 9 nitrogen and oxygen atoms in total. The summed E-state index contributed by atoms with van der Waals surface area (Å²) in [6.45, 7) is 0. The third-order valence-corrected chi connectivity index (χ3v) is 5.34. The summed E-state index contributed by atoms with van der Waals surface area (Å²) in [6.07, 6.45) is 2.90. The summed E-state index contributed by atoms with van der Waals surface area (Å²) in [7, 11) is 0. The van der Waals surface area contributed by atoms with Gasteiger partial charge in [0.2, 0.25) is 0 Å². The molecule has 2 heterocycles. The van der Waals surface area contributed by atoms with Crippen LogP contribution in [0.3, 0.4) is 0 Å². The first kappa shape index (κ1) is 14.9. The normalized spacial score (nSPS) is 12.3. The van der Waals surface area contributed by atoms with Gasteiger partial charge in [-0.1, -0.05) is 0 Å². The van der Waals surface area contributed by atoms with Gasteiger partial charge >= 0.3 is 131 Å². The number of hydrogen-bond donors (Lipinski definition) is 3. The van der Waals surface area contributed by atoms with Crippen LogP contribution < -0.4 is 4.35 Å². The van der Waals surface area contributed by atoms with E-state index in [4.69, 9.17) is 8.19 Å². The van der Waals surface area contributed by atoms with Crippen LogP contribution in [-0.4, -0.2) is 42.3 Å². The van der Waals surface area contributed by atoms with Crippen LogP contribution in [-0.2, 0) is 3.74 Å². The van der Waals surface area contributed by atoms with Crippen molar-refractivity contribution in [2.75, 3.05) is 0 Å². The van der Waals surface area contributed by atoms with Crippen molar-refractivity contribution in [1.82, 2.24) is 19.9 Å². The number of fused-ring (bicyclic) bond motifs is 1. The molecule has 0 aliphatic rings. The molecule has 0 amide bonds. The average Bonchev–Trinajstić information content (AvgIpc) is 2.96. The summed E-state index contributed by atoms with van der Waals surface area (Å²) in [5, 5.41) is 4.55. The molecule has 0 fully saturated rings. The summed E-state index contributed by atoms with van der Waals surface area (Å²) in [5.74, 6) is 0. The van der Waals surface area contributed by atoms with Gasteiger partial charge in [-0.2, -0.15) is 0 Å². The van der Waals surface area contributed by atoms with Crippen LogP contribution in [0.5, 0.6) is 0 Å². The van der Waals surface area contributed by atoms with E-state index >= 15 is 0 Å². The summed E-state index contributed by atoms with van der Waals surface area (Å²) in [4.78, 5) is 15.0. The molecule has 22 heavy (non-hydrogen) atoms. The molecule has 3 aromatic rings. The van der Waals surface area contributed by atoms with Crippen molar-refractivity contribution in [2.45, 2.75) is 5.03 Å². The Balaban J connectivity index is 1.75. The Labute approximate surface area is 131 Å². The van der Waals surface area contributed by atoms with Crippen molar-refractivity contribution in [3.63, 3.8) is 0 Å². The van der Waals surface area contributed by atoms with E-state index in [1.165, 1.54) is 36.9 Å². The van der Waals surface area contributed by atoms with E-state index < -0.39 is 14.2 Å². The molecule has 0 unspecified atom stereocenters. The Morgan fingerprint density at radius 1 is 1.14 bits per heavy atom. The fourth-order valence-corrected chi connectivity index (χ4v) is 3.31. The molecule has 3 N–H and O–H groups in total. The molecule has 0 radical (unpaired) electrons. The van der Waals surface area contributed by atoms with Gasteiger partial charge in [-0.25, -0.2) is 0 Å². The summed E-state index contributed by atoms with van der Waals surface area (Å²) in [6, 6.07) is 5.67. The maximum absolute atomic E-state index is 11.1. The van der Waals surface area contributed by atoms with Crippen LogP contribution in [0.1, 0.15) is 0 Å². The minimum atomic E-state index is -4.85. The van der Waals surface area contributed by atoms with Crippen molar-refractivity contribution >= 4 is 47.3 Å². The summed E-state index contributed by atoms with van der Waals surface area (Å²) < 4.78 is 33.2. The van der Waals surface area contributed by atoms with Gasteiger partial charge in [0.1, 0.15) is 0 Å². The molecular formula is C11H9AsN6O3S. The van der Waals surface area contributed by atoms with Crippen LogP contribution in [0, 0.1) is 0 Å². The van der Waals surface area contributed by atoms with Crippen molar-refractivity contribution in [1.29, 1.82) is 0 Å². The molecule has 1 aromatic carbocycles. The van der Waals surface area contributed by atoms with Gasteiger partial charge < -0.3 is 0 Å². The van der Waals surface area contributed by atoms with Crippen LogP contribution in [0.25, 0.3) is 11.2 Å². The van der Waals surface area contributed by atoms with E-state index in [2.05, 4.69) is 29.6 Å². The number of nitrogens with one attached hydrogen (secondary N) is 1. The number of imidazole rings is 1. The van der Waals surface area contributed by atoms with E-state index in [-0.39, 0.29) is 4.35 Å². The molecule has 112 valence electrons. The minimum absolute atomic E-state index is 0.000281. The fraction of sp³-hybridized carbons (Fsp3) is 0. The predicted molar refractivity (Wildman–Crippen MR) is 79.0 cm³/mol. The van der Waals surface area contributed by atoms with Crippen molar-refractivity contribution < 1.29 is 11.9 Å². The molecule has 0 spiro atoms. The molecule has 0 atom stereocenters. The Hall–Kier alpha value is -2.00. The number of rotatable bonds is 4. The topological polar surface area (TPSA) is 137 Å². The zero-order chi connectivity index (χ0) is 15.6. The molecule has 0 aliphatic carbocycles. The van der Waals surface area contributed by atoms with E-state index in [1.54, 1.807) is 0 Å². The van der Waals surface area contributed by atoms with Crippen LogP contribution >= 0.6 is 11.9 Å². The number of benzene rings is 1. The summed E-state index contributed by atoms with van der Waals surface area (Å²) in [5.41, 5.74) is 1.70. The molecule has 0 saturated heterocycles. The standard InChI is InChI=1S/C11H9AsN6O3S/c19-12(20,21)7-1-3-8(4-2-7)17-18-22-11-9-10(14-5-13-9)15-6-16-11/h1-6H,(H2,19,20,21)(H,13,14,15,16). The third-order valence-electron chi connectivity index (χ3n) is 2.66. The molecule has 0 aliphatic heterocycles. The fourth-order valence-electron chi connectivity index (χ4n) is 1.63. The van der Waals surface area contributed by atoms with E-state index in [0.29, 0.717) is 21.9 Å². The van der Waals surface area contributed by atoms with Crippen LogP contribution in [0.4, 0.5) is 5.69 Å². The number of H-pyrrole nitrogens is 1. The van der Waals surface area contributed by atoms with Crippen LogP contribution in [0.15, 0.2) is 51.6 Å². The predicted octanol–water partition coefficient (Wildman–Crippen LogP) is 0.705. The van der Waals surface area contributed by atoms with Crippen LogP contribution in [0.2, 0.25) is 0 Å². The van der Waals surface area contributed by atoms with Crippen molar-refractivity contribution in [3.8, 4) is 0 Å². The maximum atomic E-state index is 11.1. The van der Waals surface area contributed by atoms with Gasteiger partial charge in [-0.3, -0.25) is 0 Å². The van der Waals surface area contributed by atoms with Gasteiger partial charge in [-0.15, -0.1) is 0 Å².